The Hall–Kier alpha value is -1.41. The molecule has 24 heavy (non-hydrogen) atoms. The largest absolute Gasteiger partial charge is 0.356 e. The first-order chi connectivity index (χ1) is 11.6. The van der Waals surface area contributed by atoms with Gasteiger partial charge in [-0.15, -0.1) is 10.2 Å². The number of halogens is 3. The SMILES string of the molecule is Fc1ccc(CNc2nnc(SCc3cc(Cl)nc(Cl)c3)s2)cc1. The summed E-state index contributed by atoms with van der Waals surface area (Å²) in [5, 5.41) is 12.9. The van der Waals surface area contributed by atoms with E-state index in [9.17, 15) is 4.39 Å². The van der Waals surface area contributed by atoms with Gasteiger partial charge in [0, 0.05) is 12.3 Å². The van der Waals surface area contributed by atoms with E-state index in [0.29, 0.717) is 27.7 Å². The number of thioether (sulfide) groups is 1. The van der Waals surface area contributed by atoms with Gasteiger partial charge in [-0.1, -0.05) is 58.4 Å². The van der Waals surface area contributed by atoms with E-state index in [1.807, 2.05) is 0 Å². The Balaban J connectivity index is 1.54. The second-order valence-electron chi connectivity index (χ2n) is 4.76. The molecule has 3 rings (SSSR count). The third-order valence-electron chi connectivity index (χ3n) is 2.95. The molecule has 3 aromatic rings. The van der Waals surface area contributed by atoms with E-state index in [1.54, 1.807) is 36.0 Å². The Morgan fingerprint density at radius 1 is 1.04 bits per heavy atom. The lowest BCUT2D eigenvalue weighted by atomic mass is 10.2. The average molecular weight is 401 g/mol. The Morgan fingerprint density at radius 2 is 1.75 bits per heavy atom. The van der Waals surface area contributed by atoms with Crippen molar-refractivity contribution >= 4 is 51.4 Å². The lowest BCUT2D eigenvalue weighted by Gasteiger charge is -2.02. The molecule has 0 aliphatic carbocycles. The molecule has 0 saturated heterocycles. The molecule has 124 valence electrons. The maximum atomic E-state index is 12.9. The van der Waals surface area contributed by atoms with Crippen molar-refractivity contribution in [2.75, 3.05) is 5.32 Å². The predicted molar refractivity (Wildman–Crippen MR) is 97.5 cm³/mol. The number of nitrogens with zero attached hydrogens (tertiary/aromatic N) is 3. The molecule has 0 amide bonds. The molecule has 9 heteroatoms. The van der Waals surface area contributed by atoms with Crippen LogP contribution in [0.3, 0.4) is 0 Å². The number of hydrogen-bond donors (Lipinski definition) is 1. The highest BCUT2D eigenvalue weighted by Gasteiger charge is 2.07. The topological polar surface area (TPSA) is 50.7 Å². The van der Waals surface area contributed by atoms with Crippen LogP contribution < -0.4 is 5.32 Å². The molecule has 2 heterocycles. The fraction of sp³-hybridized carbons (Fsp3) is 0.133. The fourth-order valence-electron chi connectivity index (χ4n) is 1.86. The van der Waals surface area contributed by atoms with Crippen LogP contribution in [0.25, 0.3) is 0 Å². The number of benzene rings is 1. The standard InChI is InChI=1S/C15H11Cl2FN4S2/c16-12-5-10(6-13(17)20-12)8-23-15-22-21-14(24-15)19-7-9-1-3-11(18)4-2-9/h1-6H,7-8H2,(H,19,21). The van der Waals surface area contributed by atoms with Gasteiger partial charge in [-0.2, -0.15) is 0 Å². The van der Waals surface area contributed by atoms with Gasteiger partial charge in [0.1, 0.15) is 16.1 Å². The minimum atomic E-state index is -0.246. The van der Waals surface area contributed by atoms with Crippen LogP contribution in [-0.4, -0.2) is 15.2 Å². The Labute approximate surface area is 156 Å². The van der Waals surface area contributed by atoms with Gasteiger partial charge in [-0.3, -0.25) is 0 Å². The smallest absolute Gasteiger partial charge is 0.206 e. The number of anilines is 1. The predicted octanol–water partition coefficient (Wildman–Crippen LogP) is 5.28. The molecule has 0 radical (unpaired) electrons. The van der Waals surface area contributed by atoms with Crippen LogP contribution >= 0.6 is 46.3 Å². The van der Waals surface area contributed by atoms with Gasteiger partial charge in [0.15, 0.2) is 4.34 Å². The lowest BCUT2D eigenvalue weighted by molar-refractivity contribution is 0.627. The molecular weight excluding hydrogens is 390 g/mol. The summed E-state index contributed by atoms with van der Waals surface area (Å²) in [5.41, 5.74) is 1.95. The number of aromatic nitrogens is 3. The Bertz CT molecular complexity index is 806. The lowest BCUT2D eigenvalue weighted by Crippen LogP contribution is -1.98. The molecule has 1 N–H and O–H groups in total. The van der Waals surface area contributed by atoms with Gasteiger partial charge in [0.25, 0.3) is 0 Å². The van der Waals surface area contributed by atoms with Gasteiger partial charge in [0.2, 0.25) is 5.13 Å². The second-order valence-corrected chi connectivity index (χ2v) is 7.74. The number of pyridine rings is 1. The van der Waals surface area contributed by atoms with E-state index in [2.05, 4.69) is 20.5 Å². The molecule has 0 fully saturated rings. The maximum absolute atomic E-state index is 12.9. The van der Waals surface area contributed by atoms with Crippen LogP contribution in [-0.2, 0) is 12.3 Å². The highest BCUT2D eigenvalue weighted by Crippen LogP contribution is 2.29. The van der Waals surface area contributed by atoms with Crippen molar-refractivity contribution in [3.8, 4) is 0 Å². The first kappa shape index (κ1) is 17.4. The normalized spacial score (nSPS) is 10.8. The van der Waals surface area contributed by atoms with Crippen molar-refractivity contribution in [3.63, 3.8) is 0 Å². The first-order valence-corrected chi connectivity index (χ1v) is 9.41. The third kappa shape index (κ3) is 5.04. The highest BCUT2D eigenvalue weighted by molar-refractivity contribution is 8.00. The van der Waals surface area contributed by atoms with Gasteiger partial charge in [0.05, 0.1) is 0 Å². The van der Waals surface area contributed by atoms with Crippen LogP contribution in [0.1, 0.15) is 11.1 Å². The summed E-state index contributed by atoms with van der Waals surface area (Å²) in [6.07, 6.45) is 0. The quantitative estimate of drug-likeness (QED) is 0.450. The first-order valence-electron chi connectivity index (χ1n) is 6.85. The van der Waals surface area contributed by atoms with E-state index >= 15 is 0 Å². The molecule has 0 atom stereocenters. The molecule has 2 aromatic heterocycles. The Morgan fingerprint density at radius 3 is 2.46 bits per heavy atom. The van der Waals surface area contributed by atoms with Crippen LogP contribution in [0, 0.1) is 5.82 Å². The van der Waals surface area contributed by atoms with E-state index in [0.717, 1.165) is 15.5 Å². The minimum Gasteiger partial charge on any atom is -0.356 e. The number of rotatable bonds is 6. The summed E-state index contributed by atoms with van der Waals surface area (Å²) in [4.78, 5) is 3.91. The zero-order valence-electron chi connectivity index (χ0n) is 12.2. The van der Waals surface area contributed by atoms with Gasteiger partial charge < -0.3 is 5.32 Å². The van der Waals surface area contributed by atoms with Crippen LogP contribution in [0.15, 0.2) is 40.7 Å². The van der Waals surface area contributed by atoms with E-state index < -0.39 is 0 Å². The van der Waals surface area contributed by atoms with Crippen molar-refractivity contribution in [3.05, 3.63) is 63.6 Å². The molecule has 0 aliphatic rings. The summed E-state index contributed by atoms with van der Waals surface area (Å²) in [6.45, 7) is 0.565. The van der Waals surface area contributed by atoms with Crippen LogP contribution in [0.5, 0.6) is 0 Å². The molecule has 0 bridgehead atoms. The maximum Gasteiger partial charge on any atom is 0.206 e. The van der Waals surface area contributed by atoms with Gasteiger partial charge >= 0.3 is 0 Å². The summed E-state index contributed by atoms with van der Waals surface area (Å²) >= 11 is 14.8. The van der Waals surface area contributed by atoms with Crippen molar-refractivity contribution < 1.29 is 4.39 Å². The third-order valence-corrected chi connectivity index (χ3v) is 5.42. The molecule has 0 aliphatic heterocycles. The van der Waals surface area contributed by atoms with Crippen molar-refractivity contribution in [1.82, 2.24) is 15.2 Å². The molecule has 0 saturated carbocycles. The average Bonchev–Trinajstić information content (AvgIpc) is 2.99. The van der Waals surface area contributed by atoms with Crippen molar-refractivity contribution in [2.45, 2.75) is 16.6 Å². The summed E-state index contributed by atoms with van der Waals surface area (Å²) in [5.74, 6) is 0.429. The van der Waals surface area contributed by atoms with E-state index in [1.165, 1.54) is 23.5 Å². The highest BCUT2D eigenvalue weighted by atomic mass is 35.5. The van der Waals surface area contributed by atoms with Crippen molar-refractivity contribution in [1.29, 1.82) is 0 Å². The van der Waals surface area contributed by atoms with E-state index in [-0.39, 0.29) is 5.82 Å². The van der Waals surface area contributed by atoms with E-state index in [4.69, 9.17) is 23.2 Å². The molecule has 4 nitrogen and oxygen atoms in total. The Kier molecular flexibility index (Phi) is 5.89. The molecule has 1 aromatic carbocycles. The molecule has 0 spiro atoms. The van der Waals surface area contributed by atoms with Gasteiger partial charge in [-0.05, 0) is 35.4 Å². The number of hydrogen-bond acceptors (Lipinski definition) is 6. The monoisotopic (exact) mass is 400 g/mol. The second kappa shape index (κ2) is 8.11. The minimum absolute atomic E-state index is 0.246. The summed E-state index contributed by atoms with van der Waals surface area (Å²) in [7, 11) is 0. The number of nitrogens with one attached hydrogen (secondary N) is 1. The molecule has 0 unspecified atom stereocenters. The van der Waals surface area contributed by atoms with Crippen LogP contribution in [0.2, 0.25) is 10.3 Å². The summed E-state index contributed by atoms with van der Waals surface area (Å²) in [6, 6.07) is 9.88. The fourth-order valence-corrected chi connectivity index (χ4v) is 4.05. The summed E-state index contributed by atoms with van der Waals surface area (Å²) < 4.78 is 13.7. The van der Waals surface area contributed by atoms with Gasteiger partial charge in [-0.25, -0.2) is 9.37 Å². The van der Waals surface area contributed by atoms with Crippen molar-refractivity contribution in [2.24, 2.45) is 0 Å². The zero-order chi connectivity index (χ0) is 16.9. The van der Waals surface area contributed by atoms with Crippen LogP contribution in [0.4, 0.5) is 9.52 Å². The molecular formula is C15H11Cl2FN4S2. The zero-order valence-corrected chi connectivity index (χ0v) is 15.3.